The fraction of sp³-hybridized carbons (Fsp3) is 0.400. The van der Waals surface area contributed by atoms with E-state index in [4.69, 9.17) is 18.9 Å². The van der Waals surface area contributed by atoms with Crippen molar-refractivity contribution in [1.29, 1.82) is 0 Å². The molecule has 1 amide bonds. The number of nitrogens with one attached hydrogen (secondary N) is 1. The Kier molecular flexibility index (Phi) is 5.91. The second-order valence-electron chi connectivity index (χ2n) is 8.10. The molecule has 0 aliphatic heterocycles. The van der Waals surface area contributed by atoms with Gasteiger partial charge in [0.2, 0.25) is 5.75 Å². The summed E-state index contributed by atoms with van der Waals surface area (Å²) < 4.78 is 24.0. The van der Waals surface area contributed by atoms with Gasteiger partial charge in [-0.2, -0.15) is 0 Å². The third kappa shape index (κ3) is 3.72. The second kappa shape index (κ2) is 8.65. The summed E-state index contributed by atoms with van der Waals surface area (Å²) in [6.07, 6.45) is 2.28. The van der Waals surface area contributed by atoms with Crippen LogP contribution in [0.4, 0.5) is 0 Å². The van der Waals surface area contributed by atoms with Crippen LogP contribution in [0.5, 0.6) is 23.0 Å². The highest BCUT2D eigenvalue weighted by Crippen LogP contribution is 2.42. The molecule has 1 unspecified atom stereocenters. The number of nitrogens with zero attached hydrogens (tertiary/aromatic N) is 1. The Morgan fingerprint density at radius 3 is 2.19 bits per heavy atom. The third-order valence-corrected chi connectivity index (χ3v) is 6.13. The lowest BCUT2D eigenvalue weighted by atomic mass is 10.0. The zero-order valence-electron chi connectivity index (χ0n) is 19.4. The lowest BCUT2D eigenvalue weighted by Crippen LogP contribution is -2.27. The number of carbonyl (C=O) groups is 1. The van der Waals surface area contributed by atoms with E-state index in [1.165, 1.54) is 0 Å². The van der Waals surface area contributed by atoms with E-state index in [1.54, 1.807) is 28.4 Å². The van der Waals surface area contributed by atoms with Crippen LogP contribution >= 0.6 is 0 Å². The largest absolute Gasteiger partial charge is 0.497 e. The number of ether oxygens (including phenoxy) is 4. The molecule has 1 saturated carbocycles. The van der Waals surface area contributed by atoms with Gasteiger partial charge in [0, 0.05) is 22.6 Å². The van der Waals surface area contributed by atoms with Crippen LogP contribution in [0, 0.1) is 6.92 Å². The molecule has 0 radical (unpaired) electrons. The summed E-state index contributed by atoms with van der Waals surface area (Å²) in [5, 5.41) is 4.06. The van der Waals surface area contributed by atoms with E-state index in [9.17, 15) is 4.79 Å². The Hall–Kier alpha value is -3.35. The smallest absolute Gasteiger partial charge is 0.254 e. The van der Waals surface area contributed by atoms with Gasteiger partial charge in [0.15, 0.2) is 11.5 Å². The minimum absolute atomic E-state index is 0.124. The van der Waals surface area contributed by atoms with Crippen molar-refractivity contribution in [2.24, 2.45) is 0 Å². The molecule has 1 fully saturated rings. The predicted octanol–water partition coefficient (Wildman–Crippen LogP) is 4.81. The van der Waals surface area contributed by atoms with E-state index in [0.29, 0.717) is 28.9 Å². The van der Waals surface area contributed by atoms with E-state index in [2.05, 4.69) is 9.88 Å². The van der Waals surface area contributed by atoms with Gasteiger partial charge in [0.1, 0.15) is 5.75 Å². The van der Waals surface area contributed by atoms with Gasteiger partial charge < -0.3 is 28.8 Å². The molecule has 170 valence electrons. The van der Waals surface area contributed by atoms with E-state index in [0.717, 1.165) is 40.8 Å². The quantitative estimate of drug-likeness (QED) is 0.547. The summed E-state index contributed by atoms with van der Waals surface area (Å²) in [5.74, 6) is 2.23. The SMILES string of the molecule is COc1ccc2c(c1)c(C(=O)NC(C)c1cc(OC)c(OC)c(OC)c1)c(C)n2C1CC1. The van der Waals surface area contributed by atoms with Crippen LogP contribution in [-0.2, 0) is 0 Å². The first-order valence-electron chi connectivity index (χ1n) is 10.7. The summed E-state index contributed by atoms with van der Waals surface area (Å²) >= 11 is 0. The summed E-state index contributed by atoms with van der Waals surface area (Å²) in [7, 11) is 6.36. The first kappa shape index (κ1) is 21.9. The lowest BCUT2D eigenvalue weighted by molar-refractivity contribution is 0.0940. The van der Waals surface area contributed by atoms with Gasteiger partial charge in [-0.25, -0.2) is 0 Å². The van der Waals surface area contributed by atoms with Crippen LogP contribution in [0.15, 0.2) is 30.3 Å². The average molecular weight is 439 g/mol. The summed E-state index contributed by atoms with van der Waals surface area (Å²) in [6, 6.07) is 9.83. The molecule has 1 N–H and O–H groups in total. The monoisotopic (exact) mass is 438 g/mol. The van der Waals surface area contributed by atoms with Crippen LogP contribution in [0.1, 0.15) is 53.5 Å². The molecule has 0 bridgehead atoms. The minimum atomic E-state index is -0.277. The zero-order chi connectivity index (χ0) is 23.0. The number of carbonyl (C=O) groups excluding carboxylic acids is 1. The van der Waals surface area contributed by atoms with E-state index >= 15 is 0 Å². The molecule has 1 aliphatic carbocycles. The lowest BCUT2D eigenvalue weighted by Gasteiger charge is -2.19. The van der Waals surface area contributed by atoms with Crippen LogP contribution in [0.2, 0.25) is 0 Å². The number of fused-ring (bicyclic) bond motifs is 1. The maximum atomic E-state index is 13.5. The number of methoxy groups -OCH3 is 4. The van der Waals surface area contributed by atoms with Crippen molar-refractivity contribution < 1.29 is 23.7 Å². The molecule has 3 aromatic rings. The van der Waals surface area contributed by atoms with Crippen molar-refractivity contribution in [2.45, 2.75) is 38.8 Å². The normalized spacial score (nSPS) is 14.2. The second-order valence-corrected chi connectivity index (χ2v) is 8.10. The van der Waals surface area contributed by atoms with Crippen molar-refractivity contribution in [1.82, 2.24) is 9.88 Å². The summed E-state index contributed by atoms with van der Waals surface area (Å²) in [6.45, 7) is 3.96. The van der Waals surface area contributed by atoms with Crippen LogP contribution in [0.3, 0.4) is 0 Å². The molecule has 2 aromatic carbocycles. The Balaban J connectivity index is 1.71. The van der Waals surface area contributed by atoms with Gasteiger partial charge in [0.05, 0.1) is 40.0 Å². The zero-order valence-corrected chi connectivity index (χ0v) is 19.4. The number of aromatic nitrogens is 1. The number of benzene rings is 2. The highest BCUT2D eigenvalue weighted by atomic mass is 16.5. The van der Waals surface area contributed by atoms with Crippen molar-refractivity contribution in [2.75, 3.05) is 28.4 Å². The fourth-order valence-corrected chi connectivity index (χ4v) is 4.34. The van der Waals surface area contributed by atoms with Gasteiger partial charge in [-0.1, -0.05) is 0 Å². The van der Waals surface area contributed by atoms with Crippen molar-refractivity contribution in [3.05, 3.63) is 47.2 Å². The molecule has 0 saturated heterocycles. The average Bonchev–Trinajstić information content (AvgIpc) is 3.59. The molecule has 1 aromatic heterocycles. The van der Waals surface area contributed by atoms with E-state index in [-0.39, 0.29) is 11.9 Å². The fourth-order valence-electron chi connectivity index (χ4n) is 4.34. The van der Waals surface area contributed by atoms with Gasteiger partial charge >= 0.3 is 0 Å². The predicted molar refractivity (Wildman–Crippen MR) is 123 cm³/mol. The maximum Gasteiger partial charge on any atom is 0.254 e. The topological polar surface area (TPSA) is 71.0 Å². The highest BCUT2D eigenvalue weighted by molar-refractivity contribution is 6.09. The number of amides is 1. The van der Waals surface area contributed by atoms with Gasteiger partial charge in [-0.15, -0.1) is 0 Å². The molecule has 7 nitrogen and oxygen atoms in total. The van der Waals surface area contributed by atoms with Crippen LogP contribution in [-0.4, -0.2) is 38.9 Å². The molecular weight excluding hydrogens is 408 g/mol. The Labute approximate surface area is 188 Å². The van der Waals surface area contributed by atoms with Crippen molar-refractivity contribution in [3.8, 4) is 23.0 Å². The van der Waals surface area contributed by atoms with Gasteiger partial charge in [-0.3, -0.25) is 4.79 Å². The standard InChI is InChI=1S/C25H30N2O5/c1-14(16-11-21(30-4)24(32-6)22(12-16)31-5)26-25(28)23-15(2)27(17-7-8-17)20-10-9-18(29-3)13-19(20)23/h9-14,17H,7-8H2,1-6H3,(H,26,28). The minimum Gasteiger partial charge on any atom is -0.497 e. The molecule has 4 rings (SSSR count). The molecule has 1 atom stereocenters. The Morgan fingerprint density at radius 2 is 1.66 bits per heavy atom. The third-order valence-electron chi connectivity index (χ3n) is 6.13. The van der Waals surface area contributed by atoms with E-state index < -0.39 is 0 Å². The molecular formula is C25H30N2O5. The molecule has 0 spiro atoms. The Bertz CT molecular complexity index is 1140. The van der Waals surface area contributed by atoms with Crippen molar-refractivity contribution >= 4 is 16.8 Å². The van der Waals surface area contributed by atoms with E-state index in [1.807, 2.05) is 44.2 Å². The summed E-state index contributed by atoms with van der Waals surface area (Å²) in [5.41, 5.74) is 3.58. The number of hydrogen-bond acceptors (Lipinski definition) is 5. The first-order valence-corrected chi connectivity index (χ1v) is 10.7. The summed E-state index contributed by atoms with van der Waals surface area (Å²) in [4.78, 5) is 13.5. The van der Waals surface area contributed by atoms with Crippen molar-refractivity contribution in [3.63, 3.8) is 0 Å². The van der Waals surface area contributed by atoms with Gasteiger partial charge in [0.25, 0.3) is 5.91 Å². The molecule has 7 heteroatoms. The highest BCUT2D eigenvalue weighted by Gasteiger charge is 2.31. The Morgan fingerprint density at radius 1 is 1.00 bits per heavy atom. The molecule has 32 heavy (non-hydrogen) atoms. The number of hydrogen-bond donors (Lipinski definition) is 1. The molecule has 1 aliphatic rings. The van der Waals surface area contributed by atoms with Crippen LogP contribution < -0.4 is 24.3 Å². The van der Waals surface area contributed by atoms with Crippen LogP contribution in [0.25, 0.3) is 10.9 Å². The first-order chi connectivity index (χ1) is 15.4. The maximum absolute atomic E-state index is 13.5. The number of rotatable bonds is 8. The molecule has 1 heterocycles. The van der Waals surface area contributed by atoms with Gasteiger partial charge in [-0.05, 0) is 62.6 Å².